The predicted molar refractivity (Wildman–Crippen MR) is 69.5 cm³/mol. The maximum Gasteiger partial charge on any atom is 0.217 e. The summed E-state index contributed by atoms with van der Waals surface area (Å²) in [6.45, 7) is 6.28. The number of primary amides is 1. The summed E-state index contributed by atoms with van der Waals surface area (Å²) < 4.78 is 22.8. The van der Waals surface area contributed by atoms with Crippen LogP contribution in [-0.4, -0.2) is 37.9 Å². The van der Waals surface area contributed by atoms with Crippen molar-refractivity contribution < 1.29 is 13.2 Å². The number of unbranched alkanes of at least 4 members (excludes halogenated alkanes) is 1. The van der Waals surface area contributed by atoms with E-state index < -0.39 is 14.6 Å². The van der Waals surface area contributed by atoms with E-state index in [1.807, 2.05) is 0 Å². The summed E-state index contributed by atoms with van der Waals surface area (Å²) in [5.41, 5.74) is 5.00. The van der Waals surface area contributed by atoms with Gasteiger partial charge in [0.05, 0.1) is 10.5 Å². The molecule has 0 rings (SSSR count). The highest BCUT2D eigenvalue weighted by atomic mass is 32.2. The molecule has 0 fully saturated rings. The molecule has 5 nitrogen and oxygen atoms in total. The van der Waals surface area contributed by atoms with Gasteiger partial charge in [-0.25, -0.2) is 8.42 Å². The number of nitrogens with one attached hydrogen (secondary N) is 1. The molecule has 6 heteroatoms. The van der Waals surface area contributed by atoms with E-state index >= 15 is 0 Å². The molecule has 3 N–H and O–H groups in total. The maximum atomic E-state index is 11.7. The molecule has 0 aromatic carbocycles. The van der Waals surface area contributed by atoms with Gasteiger partial charge in [0.1, 0.15) is 0 Å². The fraction of sp³-hybridized carbons (Fsp3) is 0.909. The number of hydrogen-bond acceptors (Lipinski definition) is 4. The molecule has 1 amide bonds. The zero-order valence-electron chi connectivity index (χ0n) is 11.0. The summed E-state index contributed by atoms with van der Waals surface area (Å²) in [6, 6.07) is 0. The minimum absolute atomic E-state index is 0.145. The smallest absolute Gasteiger partial charge is 0.217 e. The molecule has 0 aliphatic carbocycles. The Morgan fingerprint density at radius 2 is 1.76 bits per heavy atom. The van der Waals surface area contributed by atoms with Crippen molar-refractivity contribution >= 4 is 15.7 Å². The topological polar surface area (TPSA) is 89.3 Å². The summed E-state index contributed by atoms with van der Waals surface area (Å²) in [7, 11) is -3.04. The van der Waals surface area contributed by atoms with Crippen LogP contribution in [0.3, 0.4) is 0 Å². The monoisotopic (exact) mass is 264 g/mol. The Morgan fingerprint density at radius 3 is 2.24 bits per heavy atom. The van der Waals surface area contributed by atoms with Crippen LogP contribution >= 0.6 is 0 Å². The van der Waals surface area contributed by atoms with E-state index in [1.54, 1.807) is 20.8 Å². The molecule has 17 heavy (non-hydrogen) atoms. The van der Waals surface area contributed by atoms with Gasteiger partial charge >= 0.3 is 0 Å². The van der Waals surface area contributed by atoms with Crippen LogP contribution in [0, 0.1) is 0 Å². The minimum atomic E-state index is -3.04. The van der Waals surface area contributed by atoms with Crippen LogP contribution in [0.1, 0.15) is 40.0 Å². The van der Waals surface area contributed by atoms with Gasteiger partial charge in [0.25, 0.3) is 0 Å². The highest BCUT2D eigenvalue weighted by Crippen LogP contribution is 2.15. The SMILES string of the molecule is CC(C)(C)S(=O)(=O)CCNCCCCC(N)=O. The first kappa shape index (κ1) is 16.4. The number of nitrogens with two attached hydrogens (primary N) is 1. The lowest BCUT2D eigenvalue weighted by atomic mass is 10.2. The van der Waals surface area contributed by atoms with Crippen molar-refractivity contribution in [2.75, 3.05) is 18.8 Å². The van der Waals surface area contributed by atoms with Crippen LogP contribution in [0.4, 0.5) is 0 Å². The Kier molecular flexibility index (Phi) is 6.70. The van der Waals surface area contributed by atoms with Gasteiger partial charge in [-0.05, 0) is 40.2 Å². The third kappa shape index (κ3) is 7.33. The lowest BCUT2D eigenvalue weighted by Crippen LogP contribution is -2.34. The van der Waals surface area contributed by atoms with Gasteiger partial charge < -0.3 is 11.1 Å². The molecule has 0 aromatic rings. The van der Waals surface area contributed by atoms with Crippen molar-refractivity contribution in [2.24, 2.45) is 5.73 Å². The van der Waals surface area contributed by atoms with Crippen LogP contribution in [-0.2, 0) is 14.6 Å². The molecule has 0 heterocycles. The summed E-state index contributed by atoms with van der Waals surface area (Å²) in [5, 5.41) is 3.06. The van der Waals surface area contributed by atoms with E-state index in [0.29, 0.717) is 19.5 Å². The van der Waals surface area contributed by atoms with E-state index in [4.69, 9.17) is 5.73 Å². The lowest BCUT2D eigenvalue weighted by Gasteiger charge is -2.19. The fourth-order valence-corrected chi connectivity index (χ4v) is 2.21. The highest BCUT2D eigenvalue weighted by Gasteiger charge is 2.27. The Balaban J connectivity index is 3.63. The van der Waals surface area contributed by atoms with Crippen LogP contribution in [0.5, 0.6) is 0 Å². The van der Waals surface area contributed by atoms with Gasteiger partial charge in [-0.3, -0.25) is 4.79 Å². The summed E-state index contributed by atoms with van der Waals surface area (Å²) in [5.74, 6) is -0.146. The second kappa shape index (κ2) is 6.96. The van der Waals surface area contributed by atoms with Gasteiger partial charge in [-0.15, -0.1) is 0 Å². The maximum absolute atomic E-state index is 11.7. The van der Waals surface area contributed by atoms with Gasteiger partial charge in [0.2, 0.25) is 5.91 Å². The molecule has 0 aliphatic rings. The third-order valence-electron chi connectivity index (χ3n) is 2.51. The molecule has 102 valence electrons. The molecule has 0 aliphatic heterocycles. The fourth-order valence-electron chi connectivity index (χ4n) is 1.19. The zero-order valence-corrected chi connectivity index (χ0v) is 11.8. The summed E-state index contributed by atoms with van der Waals surface area (Å²) >= 11 is 0. The molecule has 0 spiro atoms. The summed E-state index contributed by atoms with van der Waals surface area (Å²) in [6.07, 6.45) is 1.97. The molecule has 0 atom stereocenters. The van der Waals surface area contributed by atoms with E-state index in [0.717, 1.165) is 12.8 Å². The van der Waals surface area contributed by atoms with Gasteiger partial charge in [-0.1, -0.05) is 0 Å². The highest BCUT2D eigenvalue weighted by molar-refractivity contribution is 7.92. The van der Waals surface area contributed by atoms with Crippen molar-refractivity contribution in [2.45, 2.75) is 44.8 Å². The lowest BCUT2D eigenvalue weighted by molar-refractivity contribution is -0.118. The first-order chi connectivity index (χ1) is 7.67. The Morgan fingerprint density at radius 1 is 1.18 bits per heavy atom. The van der Waals surface area contributed by atoms with Gasteiger partial charge in [-0.2, -0.15) is 0 Å². The number of amides is 1. The Labute approximate surface area is 104 Å². The summed E-state index contributed by atoms with van der Waals surface area (Å²) in [4.78, 5) is 10.5. The molecule has 0 bridgehead atoms. The van der Waals surface area contributed by atoms with Crippen LogP contribution in [0.2, 0.25) is 0 Å². The zero-order chi connectivity index (χ0) is 13.5. The van der Waals surface area contributed by atoms with Crippen molar-refractivity contribution in [3.05, 3.63) is 0 Å². The van der Waals surface area contributed by atoms with E-state index in [9.17, 15) is 13.2 Å². The van der Waals surface area contributed by atoms with Crippen molar-refractivity contribution in [3.8, 4) is 0 Å². The van der Waals surface area contributed by atoms with E-state index in [1.165, 1.54) is 0 Å². The van der Waals surface area contributed by atoms with Crippen molar-refractivity contribution in [3.63, 3.8) is 0 Å². The normalized spacial score (nSPS) is 12.6. The molecule has 0 unspecified atom stereocenters. The first-order valence-electron chi connectivity index (χ1n) is 5.88. The van der Waals surface area contributed by atoms with E-state index in [-0.39, 0.29) is 11.7 Å². The van der Waals surface area contributed by atoms with Crippen LogP contribution in [0.15, 0.2) is 0 Å². The molecule has 0 aromatic heterocycles. The van der Waals surface area contributed by atoms with Gasteiger partial charge in [0, 0.05) is 13.0 Å². The molecular weight excluding hydrogens is 240 g/mol. The number of rotatable bonds is 8. The molecule has 0 saturated heterocycles. The van der Waals surface area contributed by atoms with Crippen molar-refractivity contribution in [1.82, 2.24) is 5.32 Å². The second-order valence-electron chi connectivity index (χ2n) is 5.10. The number of sulfone groups is 1. The molecular formula is C11H24N2O3S. The number of carbonyl (C=O) groups is 1. The quantitative estimate of drug-likeness (QED) is 0.623. The second-order valence-corrected chi connectivity index (χ2v) is 7.97. The Hall–Kier alpha value is -0.620. The number of carbonyl (C=O) groups excluding carboxylic acids is 1. The first-order valence-corrected chi connectivity index (χ1v) is 7.53. The van der Waals surface area contributed by atoms with Crippen molar-refractivity contribution in [1.29, 1.82) is 0 Å². The van der Waals surface area contributed by atoms with Gasteiger partial charge in [0.15, 0.2) is 9.84 Å². The largest absolute Gasteiger partial charge is 0.370 e. The molecule has 0 saturated carbocycles. The third-order valence-corrected chi connectivity index (χ3v) is 5.11. The number of hydrogen-bond donors (Lipinski definition) is 2. The standard InChI is InChI=1S/C11H24N2O3S/c1-11(2,3)17(15,16)9-8-13-7-5-4-6-10(12)14/h13H,4-9H2,1-3H3,(H2,12,14). The minimum Gasteiger partial charge on any atom is -0.370 e. The van der Waals surface area contributed by atoms with Crippen LogP contribution in [0.25, 0.3) is 0 Å². The molecule has 0 radical (unpaired) electrons. The van der Waals surface area contributed by atoms with Crippen LogP contribution < -0.4 is 11.1 Å². The average Bonchev–Trinajstić information content (AvgIpc) is 2.13. The Bertz CT molecular complexity index is 331. The average molecular weight is 264 g/mol. The van der Waals surface area contributed by atoms with E-state index in [2.05, 4.69) is 5.32 Å². The predicted octanol–water partition coefficient (Wildman–Crippen LogP) is 0.445.